The van der Waals surface area contributed by atoms with Gasteiger partial charge in [0.25, 0.3) is 0 Å². The van der Waals surface area contributed by atoms with Crippen LogP contribution in [0.4, 0.5) is 0 Å². The molecule has 0 N–H and O–H groups in total. The van der Waals surface area contributed by atoms with Crippen molar-refractivity contribution < 1.29 is 0 Å². The molecule has 0 amide bonds. The highest BCUT2D eigenvalue weighted by Gasteiger charge is 2.00. The van der Waals surface area contributed by atoms with E-state index in [4.69, 9.17) is 11.6 Å². The Labute approximate surface area is 129 Å². The minimum absolute atomic E-state index is 0.687. The maximum Gasteiger partial charge on any atom is 0.0640 e. The van der Waals surface area contributed by atoms with Crippen molar-refractivity contribution in [1.82, 2.24) is 4.57 Å². The van der Waals surface area contributed by atoms with Crippen LogP contribution >= 0.6 is 11.6 Å². The van der Waals surface area contributed by atoms with Crippen LogP contribution in [0.15, 0.2) is 77.9 Å². The molecule has 2 nitrogen and oxygen atoms in total. The standard InChI is InChI=1S/C18H15ClN2/c19-16-8-10-17(11-9-16)21-12-4-7-18(21)14-20-13-15-5-2-1-3-6-15/h1-12,14H,13H2. The highest BCUT2D eigenvalue weighted by Crippen LogP contribution is 2.15. The van der Waals surface area contributed by atoms with Crippen LogP contribution in [0.25, 0.3) is 5.69 Å². The zero-order valence-electron chi connectivity index (χ0n) is 11.5. The Morgan fingerprint density at radius 2 is 1.67 bits per heavy atom. The van der Waals surface area contributed by atoms with Gasteiger partial charge in [-0.3, -0.25) is 4.99 Å². The van der Waals surface area contributed by atoms with Gasteiger partial charge in [-0.25, -0.2) is 0 Å². The molecule has 0 fully saturated rings. The van der Waals surface area contributed by atoms with Crippen LogP contribution in [0.1, 0.15) is 11.3 Å². The largest absolute Gasteiger partial charge is 0.316 e. The molecule has 0 saturated heterocycles. The topological polar surface area (TPSA) is 17.3 Å². The van der Waals surface area contributed by atoms with E-state index in [9.17, 15) is 0 Å². The predicted octanol–water partition coefficient (Wildman–Crippen LogP) is 4.75. The van der Waals surface area contributed by atoms with Crippen LogP contribution in [0.5, 0.6) is 0 Å². The molecule has 3 rings (SSSR count). The van der Waals surface area contributed by atoms with Crippen molar-refractivity contribution in [2.24, 2.45) is 4.99 Å². The van der Waals surface area contributed by atoms with Crippen molar-refractivity contribution in [1.29, 1.82) is 0 Å². The summed E-state index contributed by atoms with van der Waals surface area (Å²) in [5.74, 6) is 0. The highest BCUT2D eigenvalue weighted by atomic mass is 35.5. The smallest absolute Gasteiger partial charge is 0.0640 e. The van der Waals surface area contributed by atoms with Gasteiger partial charge in [-0.1, -0.05) is 41.9 Å². The van der Waals surface area contributed by atoms with Crippen molar-refractivity contribution in [3.05, 3.63) is 89.2 Å². The molecule has 21 heavy (non-hydrogen) atoms. The van der Waals surface area contributed by atoms with Crippen LogP contribution in [-0.2, 0) is 6.54 Å². The van der Waals surface area contributed by atoms with Gasteiger partial charge in [0, 0.05) is 23.1 Å². The van der Waals surface area contributed by atoms with Gasteiger partial charge in [-0.05, 0) is 42.0 Å². The number of aliphatic imine (C=N–C) groups is 1. The van der Waals surface area contributed by atoms with E-state index in [1.807, 2.05) is 67.0 Å². The molecule has 2 aromatic carbocycles. The van der Waals surface area contributed by atoms with Crippen molar-refractivity contribution in [2.75, 3.05) is 0 Å². The van der Waals surface area contributed by atoms with Crippen LogP contribution < -0.4 is 0 Å². The fourth-order valence-corrected chi connectivity index (χ4v) is 2.29. The van der Waals surface area contributed by atoms with Crippen molar-refractivity contribution in [3.63, 3.8) is 0 Å². The summed E-state index contributed by atoms with van der Waals surface area (Å²) in [6.45, 7) is 0.687. The van der Waals surface area contributed by atoms with E-state index in [0.717, 1.165) is 16.4 Å². The van der Waals surface area contributed by atoms with Crippen LogP contribution in [0.2, 0.25) is 5.02 Å². The van der Waals surface area contributed by atoms with Gasteiger partial charge >= 0.3 is 0 Å². The van der Waals surface area contributed by atoms with E-state index in [0.29, 0.717) is 6.54 Å². The first-order valence-electron chi connectivity index (χ1n) is 6.80. The summed E-state index contributed by atoms with van der Waals surface area (Å²) < 4.78 is 2.09. The van der Waals surface area contributed by atoms with Gasteiger partial charge < -0.3 is 4.57 Å². The molecule has 0 unspecified atom stereocenters. The monoisotopic (exact) mass is 294 g/mol. The van der Waals surface area contributed by atoms with E-state index in [2.05, 4.69) is 21.7 Å². The third kappa shape index (κ3) is 3.41. The van der Waals surface area contributed by atoms with Gasteiger partial charge in [-0.2, -0.15) is 0 Å². The number of aromatic nitrogens is 1. The molecule has 0 spiro atoms. The van der Waals surface area contributed by atoms with Gasteiger partial charge in [0.05, 0.1) is 12.2 Å². The quantitative estimate of drug-likeness (QED) is 0.618. The minimum Gasteiger partial charge on any atom is -0.316 e. The maximum absolute atomic E-state index is 5.93. The van der Waals surface area contributed by atoms with E-state index < -0.39 is 0 Å². The molecular weight excluding hydrogens is 280 g/mol. The molecule has 1 aromatic heterocycles. The molecular formula is C18H15ClN2. The normalized spacial score (nSPS) is 11.1. The number of nitrogens with zero attached hydrogens (tertiary/aromatic N) is 2. The molecule has 0 aliphatic heterocycles. The maximum atomic E-state index is 5.93. The Morgan fingerprint density at radius 3 is 2.43 bits per heavy atom. The van der Waals surface area contributed by atoms with Crippen molar-refractivity contribution >= 4 is 17.8 Å². The van der Waals surface area contributed by atoms with Crippen LogP contribution in [-0.4, -0.2) is 10.8 Å². The first-order valence-corrected chi connectivity index (χ1v) is 7.18. The van der Waals surface area contributed by atoms with Crippen LogP contribution in [0, 0.1) is 0 Å². The lowest BCUT2D eigenvalue weighted by molar-refractivity contribution is 1.04. The first-order chi connectivity index (χ1) is 10.3. The molecule has 0 aliphatic carbocycles. The SMILES string of the molecule is Clc1ccc(-n2cccc2C=NCc2ccccc2)cc1. The first kappa shape index (κ1) is 13.7. The second-order valence-electron chi connectivity index (χ2n) is 4.73. The number of hydrogen-bond acceptors (Lipinski definition) is 1. The molecule has 0 atom stereocenters. The second-order valence-corrected chi connectivity index (χ2v) is 5.17. The summed E-state index contributed by atoms with van der Waals surface area (Å²) >= 11 is 5.93. The van der Waals surface area contributed by atoms with Gasteiger partial charge in [-0.15, -0.1) is 0 Å². The molecule has 3 heteroatoms. The lowest BCUT2D eigenvalue weighted by Gasteiger charge is -2.06. The molecule has 104 valence electrons. The fraction of sp³-hybridized carbons (Fsp3) is 0.0556. The average Bonchev–Trinajstić information content (AvgIpc) is 2.98. The van der Waals surface area contributed by atoms with Gasteiger partial charge in [0.1, 0.15) is 0 Å². The van der Waals surface area contributed by atoms with E-state index in [-0.39, 0.29) is 0 Å². The summed E-state index contributed by atoms with van der Waals surface area (Å²) in [6.07, 6.45) is 3.93. The summed E-state index contributed by atoms with van der Waals surface area (Å²) in [7, 11) is 0. The minimum atomic E-state index is 0.687. The Morgan fingerprint density at radius 1 is 0.905 bits per heavy atom. The Kier molecular flexibility index (Phi) is 4.17. The van der Waals surface area contributed by atoms with Crippen molar-refractivity contribution in [3.8, 4) is 5.69 Å². The molecule has 3 aromatic rings. The predicted molar refractivity (Wildman–Crippen MR) is 88.5 cm³/mol. The second kappa shape index (κ2) is 6.42. The van der Waals surface area contributed by atoms with Crippen molar-refractivity contribution in [2.45, 2.75) is 6.54 Å². The van der Waals surface area contributed by atoms with E-state index in [1.165, 1.54) is 5.56 Å². The number of rotatable bonds is 4. The lowest BCUT2D eigenvalue weighted by Crippen LogP contribution is -1.97. The van der Waals surface area contributed by atoms with Gasteiger partial charge in [0.15, 0.2) is 0 Å². The zero-order valence-corrected chi connectivity index (χ0v) is 12.2. The van der Waals surface area contributed by atoms with Crippen LogP contribution in [0.3, 0.4) is 0 Å². The average molecular weight is 295 g/mol. The summed E-state index contributed by atoms with van der Waals surface area (Å²) in [5.41, 5.74) is 3.33. The summed E-state index contributed by atoms with van der Waals surface area (Å²) in [4.78, 5) is 4.52. The number of halogens is 1. The molecule has 0 radical (unpaired) electrons. The third-order valence-electron chi connectivity index (χ3n) is 3.23. The number of hydrogen-bond donors (Lipinski definition) is 0. The van der Waals surface area contributed by atoms with E-state index >= 15 is 0 Å². The van der Waals surface area contributed by atoms with E-state index in [1.54, 1.807) is 0 Å². The summed E-state index contributed by atoms with van der Waals surface area (Å²) in [5, 5.41) is 0.741. The fourth-order valence-electron chi connectivity index (χ4n) is 2.16. The number of benzene rings is 2. The Balaban J connectivity index is 1.78. The molecule has 0 bridgehead atoms. The molecule has 1 heterocycles. The molecule has 0 aliphatic rings. The molecule has 0 saturated carbocycles. The third-order valence-corrected chi connectivity index (χ3v) is 3.48. The summed E-state index contributed by atoms with van der Waals surface area (Å²) in [6, 6.07) is 22.1. The van der Waals surface area contributed by atoms with Gasteiger partial charge in [0.2, 0.25) is 0 Å². The Hall–Kier alpha value is -2.32. The lowest BCUT2D eigenvalue weighted by atomic mass is 10.2. The zero-order chi connectivity index (χ0) is 14.5. The highest BCUT2D eigenvalue weighted by molar-refractivity contribution is 6.30. The Bertz CT molecular complexity index is 727.